The van der Waals surface area contributed by atoms with Crippen LogP contribution in [-0.2, 0) is 6.54 Å². The fraction of sp³-hybridized carbons (Fsp3) is 0.250. The van der Waals surface area contributed by atoms with Crippen molar-refractivity contribution in [2.75, 3.05) is 5.32 Å². The van der Waals surface area contributed by atoms with Crippen molar-refractivity contribution in [1.82, 2.24) is 25.1 Å². The molecule has 0 unspecified atom stereocenters. The summed E-state index contributed by atoms with van der Waals surface area (Å²) in [5, 5.41) is 9.49. The van der Waals surface area contributed by atoms with Gasteiger partial charge in [0.25, 0.3) is 0 Å². The molecule has 2 aromatic rings. The number of hydrogen-bond donors (Lipinski definition) is 2. The molecule has 0 saturated carbocycles. The van der Waals surface area contributed by atoms with Crippen LogP contribution in [0.15, 0.2) is 18.7 Å². The van der Waals surface area contributed by atoms with Crippen LogP contribution in [0.4, 0.5) is 5.95 Å². The number of nitrogens with zero attached hydrogens (tertiary/aromatic N) is 4. The molecule has 0 saturated heterocycles. The van der Waals surface area contributed by atoms with Gasteiger partial charge in [-0.15, -0.1) is 0 Å². The van der Waals surface area contributed by atoms with Gasteiger partial charge in [-0.25, -0.2) is 15.0 Å². The number of aromatic nitrogens is 5. The van der Waals surface area contributed by atoms with E-state index in [0.717, 1.165) is 11.4 Å². The molecule has 2 heterocycles. The maximum atomic E-state index is 4.09. The quantitative estimate of drug-likeness (QED) is 0.737. The van der Waals surface area contributed by atoms with Crippen molar-refractivity contribution in [1.29, 1.82) is 0 Å². The van der Waals surface area contributed by atoms with Gasteiger partial charge in [-0.1, -0.05) is 0 Å². The fourth-order valence-electron chi connectivity index (χ4n) is 0.963. The van der Waals surface area contributed by atoms with E-state index in [9.17, 15) is 0 Å². The zero-order valence-corrected chi connectivity index (χ0v) is 7.73. The molecule has 6 heteroatoms. The molecule has 0 fully saturated rings. The summed E-state index contributed by atoms with van der Waals surface area (Å²) in [4.78, 5) is 12.2. The van der Waals surface area contributed by atoms with E-state index in [2.05, 4.69) is 30.5 Å². The van der Waals surface area contributed by atoms with Gasteiger partial charge >= 0.3 is 0 Å². The van der Waals surface area contributed by atoms with Gasteiger partial charge in [0.05, 0.1) is 6.54 Å². The summed E-state index contributed by atoms with van der Waals surface area (Å²) in [6.45, 7) is 2.49. The van der Waals surface area contributed by atoms with Crippen LogP contribution >= 0.6 is 0 Å². The summed E-state index contributed by atoms with van der Waals surface area (Å²) < 4.78 is 0. The Bertz CT molecular complexity index is 379. The van der Waals surface area contributed by atoms with E-state index in [1.165, 1.54) is 6.33 Å². The number of hydrogen-bond acceptors (Lipinski definition) is 5. The zero-order valence-electron chi connectivity index (χ0n) is 7.73. The maximum absolute atomic E-state index is 4.09. The van der Waals surface area contributed by atoms with Crippen LogP contribution in [0.25, 0.3) is 0 Å². The van der Waals surface area contributed by atoms with E-state index in [0.29, 0.717) is 12.5 Å². The summed E-state index contributed by atoms with van der Waals surface area (Å²) in [6, 6.07) is 0. The van der Waals surface area contributed by atoms with Gasteiger partial charge in [0.1, 0.15) is 12.2 Å². The molecular weight excluding hydrogens is 180 g/mol. The lowest BCUT2D eigenvalue weighted by atomic mass is 10.4. The Labute approximate surface area is 80.8 Å². The van der Waals surface area contributed by atoms with Gasteiger partial charge in [0, 0.05) is 12.4 Å². The predicted octanol–water partition coefficient (Wildman–Crippen LogP) is 0.515. The van der Waals surface area contributed by atoms with Gasteiger partial charge in [0.2, 0.25) is 5.95 Å². The molecule has 0 amide bonds. The Kier molecular flexibility index (Phi) is 2.35. The molecular formula is C8H10N6. The van der Waals surface area contributed by atoms with Gasteiger partial charge in [-0.05, 0) is 12.5 Å². The van der Waals surface area contributed by atoms with Crippen molar-refractivity contribution in [3.05, 3.63) is 30.1 Å². The Balaban J connectivity index is 1.95. The van der Waals surface area contributed by atoms with Gasteiger partial charge in [-0.3, -0.25) is 5.10 Å². The number of rotatable bonds is 3. The zero-order chi connectivity index (χ0) is 9.80. The minimum Gasteiger partial charge on any atom is -0.347 e. The molecule has 0 spiro atoms. The Morgan fingerprint density at radius 3 is 2.71 bits per heavy atom. The summed E-state index contributed by atoms with van der Waals surface area (Å²) in [7, 11) is 0. The second-order valence-electron chi connectivity index (χ2n) is 2.87. The molecule has 2 rings (SSSR count). The van der Waals surface area contributed by atoms with Crippen molar-refractivity contribution in [3.8, 4) is 0 Å². The predicted molar refractivity (Wildman–Crippen MR) is 50.5 cm³/mol. The third-order valence-electron chi connectivity index (χ3n) is 1.66. The van der Waals surface area contributed by atoms with E-state index in [1.807, 2.05) is 6.92 Å². The van der Waals surface area contributed by atoms with Crippen LogP contribution in [0, 0.1) is 6.92 Å². The van der Waals surface area contributed by atoms with E-state index in [4.69, 9.17) is 0 Å². The lowest BCUT2D eigenvalue weighted by Crippen LogP contribution is -2.04. The summed E-state index contributed by atoms with van der Waals surface area (Å²) >= 11 is 0. The number of aromatic amines is 1. The van der Waals surface area contributed by atoms with Crippen LogP contribution in [-0.4, -0.2) is 25.1 Å². The molecule has 0 atom stereocenters. The van der Waals surface area contributed by atoms with Crippen molar-refractivity contribution in [3.63, 3.8) is 0 Å². The first-order valence-electron chi connectivity index (χ1n) is 4.21. The topological polar surface area (TPSA) is 79.4 Å². The Morgan fingerprint density at radius 2 is 2.07 bits per heavy atom. The molecule has 2 N–H and O–H groups in total. The molecule has 0 radical (unpaired) electrons. The minimum atomic E-state index is 0.545. The molecule has 0 aliphatic rings. The number of H-pyrrole nitrogens is 1. The van der Waals surface area contributed by atoms with Crippen molar-refractivity contribution < 1.29 is 0 Å². The van der Waals surface area contributed by atoms with E-state index >= 15 is 0 Å². The summed E-state index contributed by atoms with van der Waals surface area (Å²) in [6.07, 6.45) is 4.98. The average Bonchev–Trinajstić information content (AvgIpc) is 2.70. The van der Waals surface area contributed by atoms with E-state index in [-0.39, 0.29) is 0 Å². The minimum absolute atomic E-state index is 0.545. The van der Waals surface area contributed by atoms with Crippen molar-refractivity contribution >= 4 is 5.95 Å². The maximum Gasteiger partial charge on any atom is 0.222 e. The second-order valence-corrected chi connectivity index (χ2v) is 2.87. The average molecular weight is 190 g/mol. The first kappa shape index (κ1) is 8.61. The summed E-state index contributed by atoms with van der Waals surface area (Å²) in [5.41, 5.74) is 1.04. The van der Waals surface area contributed by atoms with Crippen molar-refractivity contribution in [2.24, 2.45) is 0 Å². The fourth-order valence-corrected chi connectivity index (χ4v) is 0.963. The van der Waals surface area contributed by atoms with E-state index in [1.54, 1.807) is 12.4 Å². The second kappa shape index (κ2) is 3.82. The first-order chi connectivity index (χ1) is 6.84. The number of anilines is 1. The van der Waals surface area contributed by atoms with Crippen LogP contribution in [0.2, 0.25) is 0 Å². The highest BCUT2D eigenvalue weighted by Gasteiger charge is 1.97. The van der Waals surface area contributed by atoms with Crippen LogP contribution in [0.5, 0.6) is 0 Å². The summed E-state index contributed by atoms with van der Waals surface area (Å²) in [5.74, 6) is 1.35. The molecule has 0 bridgehead atoms. The third kappa shape index (κ3) is 2.03. The van der Waals surface area contributed by atoms with Crippen LogP contribution in [0.1, 0.15) is 11.4 Å². The Morgan fingerprint density at radius 1 is 1.29 bits per heavy atom. The highest BCUT2D eigenvalue weighted by Crippen LogP contribution is 1.99. The molecule has 14 heavy (non-hydrogen) atoms. The normalized spacial score (nSPS) is 10.1. The van der Waals surface area contributed by atoms with Crippen molar-refractivity contribution in [2.45, 2.75) is 13.5 Å². The number of nitrogens with one attached hydrogen (secondary N) is 2. The van der Waals surface area contributed by atoms with Gasteiger partial charge in [-0.2, -0.15) is 5.10 Å². The monoisotopic (exact) mass is 190 g/mol. The molecule has 2 aromatic heterocycles. The molecule has 0 aromatic carbocycles. The molecule has 0 aliphatic heterocycles. The first-order valence-corrected chi connectivity index (χ1v) is 4.21. The standard InChI is InChI=1S/C8H10N6/c1-6-2-9-8(10-3-6)11-4-7-12-5-13-14-7/h2-3,5H,4H2,1H3,(H,9,10,11)(H,12,13,14). The molecule has 0 aliphatic carbocycles. The smallest absolute Gasteiger partial charge is 0.222 e. The molecule has 72 valence electrons. The van der Waals surface area contributed by atoms with Crippen LogP contribution in [0.3, 0.4) is 0 Å². The highest BCUT2D eigenvalue weighted by atomic mass is 15.2. The third-order valence-corrected chi connectivity index (χ3v) is 1.66. The lowest BCUT2D eigenvalue weighted by molar-refractivity contribution is 0.933. The number of aryl methyl sites for hydroxylation is 1. The van der Waals surface area contributed by atoms with Crippen LogP contribution < -0.4 is 5.32 Å². The van der Waals surface area contributed by atoms with E-state index < -0.39 is 0 Å². The van der Waals surface area contributed by atoms with Gasteiger partial charge in [0.15, 0.2) is 0 Å². The SMILES string of the molecule is Cc1cnc(NCc2ncn[nH]2)nc1. The van der Waals surface area contributed by atoms with Gasteiger partial charge < -0.3 is 5.32 Å². The largest absolute Gasteiger partial charge is 0.347 e. The highest BCUT2D eigenvalue weighted by molar-refractivity contribution is 5.24. The Hall–Kier alpha value is -1.98. The molecule has 6 nitrogen and oxygen atoms in total. The lowest BCUT2D eigenvalue weighted by Gasteiger charge is -2.01.